The largest absolute Gasteiger partial charge is 0.480 e. The lowest BCUT2D eigenvalue weighted by atomic mass is 9.87. The number of likely N-dealkylation sites (tertiary alicyclic amines) is 1. The van der Waals surface area contributed by atoms with Crippen molar-refractivity contribution in [2.45, 2.75) is 45.7 Å². The maximum absolute atomic E-state index is 12.2. The minimum atomic E-state index is -0.992. The molecule has 116 valence electrons. The quantitative estimate of drug-likeness (QED) is 0.818. The van der Waals surface area contributed by atoms with Crippen molar-refractivity contribution < 1.29 is 14.7 Å². The first-order chi connectivity index (χ1) is 9.12. The van der Waals surface area contributed by atoms with Crippen molar-refractivity contribution in [2.75, 3.05) is 27.2 Å². The lowest BCUT2D eigenvalue weighted by molar-refractivity contribution is -0.142. The van der Waals surface area contributed by atoms with E-state index in [-0.39, 0.29) is 6.03 Å². The second-order valence-corrected chi connectivity index (χ2v) is 6.77. The molecule has 0 saturated carbocycles. The molecule has 0 aliphatic carbocycles. The van der Waals surface area contributed by atoms with Gasteiger partial charge in [0.25, 0.3) is 0 Å². The molecular weight excluding hydrogens is 258 g/mol. The molecule has 1 atom stereocenters. The highest BCUT2D eigenvalue weighted by Crippen LogP contribution is 2.20. The number of carboxylic acid groups (broad SMARTS) is 1. The molecule has 0 spiro atoms. The molecule has 6 heteroatoms. The van der Waals surface area contributed by atoms with E-state index < -0.39 is 17.4 Å². The first-order valence-corrected chi connectivity index (χ1v) is 7.07. The summed E-state index contributed by atoms with van der Waals surface area (Å²) >= 11 is 0. The number of nitrogens with one attached hydrogen (secondary N) is 1. The molecule has 6 nitrogen and oxygen atoms in total. The predicted octanol–water partition coefficient (Wildman–Crippen LogP) is 1.22. The number of carbonyl (C=O) groups is 2. The molecule has 0 aromatic heterocycles. The average molecular weight is 285 g/mol. The van der Waals surface area contributed by atoms with Crippen LogP contribution >= 0.6 is 0 Å². The van der Waals surface area contributed by atoms with E-state index in [0.29, 0.717) is 19.1 Å². The molecule has 20 heavy (non-hydrogen) atoms. The van der Waals surface area contributed by atoms with Crippen molar-refractivity contribution in [2.24, 2.45) is 5.41 Å². The van der Waals surface area contributed by atoms with Crippen molar-refractivity contribution in [3.8, 4) is 0 Å². The molecule has 1 fully saturated rings. The molecule has 2 N–H and O–H groups in total. The fraction of sp³-hybridized carbons (Fsp3) is 0.857. The third-order valence-corrected chi connectivity index (χ3v) is 3.86. The van der Waals surface area contributed by atoms with Crippen LogP contribution in [0.3, 0.4) is 0 Å². The normalized spacial score (nSPS) is 19.0. The highest BCUT2D eigenvalue weighted by atomic mass is 16.4. The fourth-order valence-electron chi connectivity index (χ4n) is 2.45. The highest BCUT2D eigenvalue weighted by Gasteiger charge is 2.34. The zero-order chi connectivity index (χ0) is 15.5. The molecular formula is C14H27N3O3. The number of urea groups is 1. The Morgan fingerprint density at radius 2 is 1.75 bits per heavy atom. The van der Waals surface area contributed by atoms with Gasteiger partial charge in [-0.3, -0.25) is 0 Å². The van der Waals surface area contributed by atoms with Crippen LogP contribution < -0.4 is 5.32 Å². The summed E-state index contributed by atoms with van der Waals surface area (Å²) in [6.07, 6.45) is 1.85. The number of hydrogen-bond donors (Lipinski definition) is 2. The van der Waals surface area contributed by atoms with E-state index in [2.05, 4.69) is 10.2 Å². The molecule has 0 aromatic carbocycles. The van der Waals surface area contributed by atoms with Gasteiger partial charge >= 0.3 is 12.0 Å². The molecule has 1 saturated heterocycles. The summed E-state index contributed by atoms with van der Waals surface area (Å²) in [6, 6.07) is -0.650. The van der Waals surface area contributed by atoms with Gasteiger partial charge in [0.1, 0.15) is 6.04 Å². The van der Waals surface area contributed by atoms with E-state index in [1.165, 1.54) is 0 Å². The number of piperidine rings is 1. The number of hydrogen-bond acceptors (Lipinski definition) is 3. The molecule has 1 aliphatic heterocycles. The van der Waals surface area contributed by atoms with E-state index in [0.717, 1.165) is 12.8 Å². The molecule has 0 aromatic rings. The minimum absolute atomic E-state index is 0.274. The summed E-state index contributed by atoms with van der Waals surface area (Å²) in [5, 5.41) is 11.9. The molecule has 1 rings (SSSR count). The molecule has 2 amide bonds. The van der Waals surface area contributed by atoms with Gasteiger partial charge in [0, 0.05) is 19.1 Å². The topological polar surface area (TPSA) is 72.9 Å². The molecule has 1 heterocycles. The Labute approximate surface area is 121 Å². The van der Waals surface area contributed by atoms with Crippen LogP contribution in [-0.2, 0) is 4.79 Å². The number of carbonyl (C=O) groups excluding carboxylic acids is 1. The number of amides is 2. The van der Waals surface area contributed by atoms with Crippen LogP contribution in [0.25, 0.3) is 0 Å². The van der Waals surface area contributed by atoms with Crippen molar-refractivity contribution in [3.05, 3.63) is 0 Å². The first kappa shape index (κ1) is 16.8. The van der Waals surface area contributed by atoms with Crippen LogP contribution in [0, 0.1) is 5.41 Å². The number of carboxylic acids is 1. The highest BCUT2D eigenvalue weighted by molar-refractivity contribution is 5.83. The van der Waals surface area contributed by atoms with Crippen LogP contribution in [0.5, 0.6) is 0 Å². The van der Waals surface area contributed by atoms with Gasteiger partial charge in [-0.05, 0) is 32.4 Å². The molecule has 0 radical (unpaired) electrons. The summed E-state index contributed by atoms with van der Waals surface area (Å²) in [6.45, 7) is 6.77. The van der Waals surface area contributed by atoms with E-state index in [1.54, 1.807) is 4.90 Å². The average Bonchev–Trinajstić information content (AvgIpc) is 2.33. The van der Waals surface area contributed by atoms with E-state index in [1.807, 2.05) is 34.9 Å². The number of nitrogens with zero attached hydrogens (tertiary/aromatic N) is 2. The molecule has 0 unspecified atom stereocenters. The third-order valence-electron chi connectivity index (χ3n) is 3.86. The number of rotatable bonds is 3. The first-order valence-electron chi connectivity index (χ1n) is 7.07. The zero-order valence-electron chi connectivity index (χ0n) is 13.1. The van der Waals surface area contributed by atoms with Crippen molar-refractivity contribution in [1.29, 1.82) is 0 Å². The Balaban J connectivity index is 2.57. The van der Waals surface area contributed by atoms with Crippen LogP contribution in [0.15, 0.2) is 0 Å². The van der Waals surface area contributed by atoms with Crippen molar-refractivity contribution in [3.63, 3.8) is 0 Å². The van der Waals surface area contributed by atoms with Crippen LogP contribution in [-0.4, -0.2) is 66.2 Å². The van der Waals surface area contributed by atoms with Gasteiger partial charge in [0.15, 0.2) is 0 Å². The summed E-state index contributed by atoms with van der Waals surface area (Å²) in [5.74, 6) is -0.992. The minimum Gasteiger partial charge on any atom is -0.480 e. The van der Waals surface area contributed by atoms with Gasteiger partial charge in [-0.25, -0.2) is 9.59 Å². The van der Waals surface area contributed by atoms with E-state index in [9.17, 15) is 14.7 Å². The van der Waals surface area contributed by atoms with Crippen molar-refractivity contribution in [1.82, 2.24) is 15.1 Å². The smallest absolute Gasteiger partial charge is 0.326 e. The Hall–Kier alpha value is -1.30. The van der Waals surface area contributed by atoms with E-state index in [4.69, 9.17) is 0 Å². The zero-order valence-corrected chi connectivity index (χ0v) is 13.1. The summed E-state index contributed by atoms with van der Waals surface area (Å²) < 4.78 is 0. The van der Waals surface area contributed by atoms with Gasteiger partial charge in [0.05, 0.1) is 0 Å². The van der Waals surface area contributed by atoms with Gasteiger partial charge in [-0.15, -0.1) is 0 Å². The van der Waals surface area contributed by atoms with Crippen LogP contribution in [0.4, 0.5) is 4.79 Å². The maximum Gasteiger partial charge on any atom is 0.326 e. The second-order valence-electron chi connectivity index (χ2n) is 6.77. The van der Waals surface area contributed by atoms with Gasteiger partial charge in [0.2, 0.25) is 0 Å². The SMILES string of the molecule is CN(C)C1CCN(C(=O)N[C@@H](C(=O)O)C(C)(C)C)CC1. The summed E-state index contributed by atoms with van der Waals surface area (Å²) in [5.41, 5.74) is -0.510. The number of aliphatic carboxylic acids is 1. The van der Waals surface area contributed by atoms with Gasteiger partial charge in [-0.1, -0.05) is 20.8 Å². The van der Waals surface area contributed by atoms with Crippen LogP contribution in [0.1, 0.15) is 33.6 Å². The third kappa shape index (κ3) is 4.37. The van der Waals surface area contributed by atoms with Gasteiger partial charge < -0.3 is 20.2 Å². The maximum atomic E-state index is 12.2. The lowest BCUT2D eigenvalue weighted by Gasteiger charge is -2.37. The second kappa shape index (κ2) is 6.43. The summed E-state index contributed by atoms with van der Waals surface area (Å²) in [7, 11) is 4.08. The van der Waals surface area contributed by atoms with E-state index >= 15 is 0 Å². The fourth-order valence-corrected chi connectivity index (χ4v) is 2.45. The Kier molecular flexibility index (Phi) is 5.39. The van der Waals surface area contributed by atoms with Gasteiger partial charge in [-0.2, -0.15) is 0 Å². The standard InChI is InChI=1S/C14H27N3O3/c1-14(2,3)11(12(18)19)15-13(20)17-8-6-10(7-9-17)16(4)5/h10-11H,6-9H2,1-5H3,(H,15,20)(H,18,19)/t11-/m0/s1. The Morgan fingerprint density at radius 3 is 2.10 bits per heavy atom. The summed E-state index contributed by atoms with van der Waals surface area (Å²) in [4.78, 5) is 27.3. The molecule has 1 aliphatic rings. The lowest BCUT2D eigenvalue weighted by Crippen LogP contribution is -2.55. The van der Waals surface area contributed by atoms with Crippen LogP contribution in [0.2, 0.25) is 0 Å². The molecule has 0 bridgehead atoms. The Morgan fingerprint density at radius 1 is 1.25 bits per heavy atom. The Bertz CT molecular complexity index is 355. The monoisotopic (exact) mass is 285 g/mol. The van der Waals surface area contributed by atoms with Crippen molar-refractivity contribution >= 4 is 12.0 Å². The predicted molar refractivity (Wildman–Crippen MR) is 77.7 cm³/mol.